The maximum Gasteiger partial charge on any atom is 0.268 e. The van der Waals surface area contributed by atoms with Crippen LogP contribution in [-0.4, -0.2) is 55.6 Å². The number of likely N-dealkylation sites (tertiary alicyclic amines) is 1. The molecule has 3 heterocycles. The van der Waals surface area contributed by atoms with Gasteiger partial charge >= 0.3 is 0 Å². The summed E-state index contributed by atoms with van der Waals surface area (Å²) in [6.07, 6.45) is 3.28. The summed E-state index contributed by atoms with van der Waals surface area (Å²) in [6.45, 7) is -0.269. The molecule has 1 N–H and O–H groups in total. The van der Waals surface area contributed by atoms with E-state index in [0.29, 0.717) is 11.4 Å². The number of carbonyl (C=O) groups is 1. The van der Waals surface area contributed by atoms with E-state index in [-0.39, 0.29) is 19.5 Å². The lowest BCUT2D eigenvalue weighted by Gasteiger charge is -2.22. The van der Waals surface area contributed by atoms with Crippen LogP contribution in [0, 0.1) is 0 Å². The minimum absolute atomic E-state index is 0.0996. The van der Waals surface area contributed by atoms with Gasteiger partial charge in [-0.3, -0.25) is 9.36 Å². The first-order chi connectivity index (χ1) is 10.5. The molecule has 0 radical (unpaired) electrons. The number of hydrogen-bond acceptors (Lipinski definition) is 4. The summed E-state index contributed by atoms with van der Waals surface area (Å²) in [6, 6.07) is 3.08. The van der Waals surface area contributed by atoms with Gasteiger partial charge in [0.15, 0.2) is 0 Å². The number of amides is 1. The summed E-state index contributed by atoms with van der Waals surface area (Å²) in [5.74, 6) is 0.104. The van der Waals surface area contributed by atoms with E-state index in [0.717, 1.165) is 0 Å². The zero-order valence-corrected chi connectivity index (χ0v) is 11.6. The minimum Gasteiger partial charge on any atom is -0.382 e. The third-order valence-electron chi connectivity index (χ3n) is 3.73. The number of β-amino-alcohol motifs (C(OH)–C–C–N with tert-alkyl or cyclic N) is 1. The zero-order valence-electron chi connectivity index (χ0n) is 11.6. The molecule has 0 spiro atoms. The molecule has 3 rings (SSSR count). The normalized spacial score (nSPS) is 21.5. The molecule has 0 aromatic carbocycles. The number of hydrogen-bond donors (Lipinski definition) is 1. The van der Waals surface area contributed by atoms with E-state index < -0.39 is 17.9 Å². The molecule has 1 saturated heterocycles. The average Bonchev–Trinajstić information content (AvgIpc) is 3.17. The Morgan fingerprint density at radius 1 is 1.41 bits per heavy atom. The molecule has 1 aliphatic heterocycles. The molecule has 0 saturated carbocycles. The molecule has 0 bridgehead atoms. The predicted molar refractivity (Wildman–Crippen MR) is 72.8 cm³/mol. The lowest BCUT2D eigenvalue weighted by Crippen LogP contribution is -2.41. The van der Waals surface area contributed by atoms with Gasteiger partial charge in [0.05, 0.1) is 6.54 Å². The van der Waals surface area contributed by atoms with Crippen molar-refractivity contribution in [2.45, 2.75) is 18.4 Å². The van der Waals surface area contributed by atoms with Crippen LogP contribution in [0.4, 0.5) is 8.78 Å². The monoisotopic (exact) mass is 308 g/mol. The van der Waals surface area contributed by atoms with Crippen molar-refractivity contribution in [1.82, 2.24) is 19.4 Å². The van der Waals surface area contributed by atoms with Crippen molar-refractivity contribution in [1.29, 1.82) is 0 Å². The number of alkyl halides is 2. The first-order valence-electron chi connectivity index (χ1n) is 6.74. The Balaban J connectivity index is 1.80. The fourth-order valence-electron chi connectivity index (χ4n) is 2.44. The van der Waals surface area contributed by atoms with Crippen molar-refractivity contribution in [3.63, 3.8) is 0 Å². The topological polar surface area (TPSA) is 71.2 Å². The van der Waals surface area contributed by atoms with E-state index in [1.54, 1.807) is 29.4 Å². The Morgan fingerprint density at radius 3 is 2.86 bits per heavy atom. The number of imidazole rings is 1. The second-order valence-electron chi connectivity index (χ2n) is 5.25. The highest BCUT2D eigenvalue weighted by Crippen LogP contribution is 2.28. The molecule has 2 aromatic heterocycles. The quantitative estimate of drug-likeness (QED) is 0.922. The number of pyridine rings is 1. The molecule has 1 amide bonds. The molecule has 116 valence electrons. The Morgan fingerprint density at radius 2 is 2.23 bits per heavy atom. The Kier molecular flexibility index (Phi) is 3.61. The molecule has 1 atom stereocenters. The van der Waals surface area contributed by atoms with Crippen molar-refractivity contribution in [3.05, 3.63) is 42.6 Å². The number of nitrogens with zero attached hydrogens (tertiary/aromatic N) is 4. The second kappa shape index (κ2) is 5.45. The minimum atomic E-state index is -2.87. The Bertz CT molecular complexity index is 677. The van der Waals surface area contributed by atoms with E-state index in [4.69, 9.17) is 0 Å². The lowest BCUT2D eigenvalue weighted by atomic mass is 10.1. The van der Waals surface area contributed by atoms with Crippen LogP contribution in [0.3, 0.4) is 0 Å². The van der Waals surface area contributed by atoms with Crippen molar-refractivity contribution in [3.8, 4) is 5.82 Å². The van der Waals surface area contributed by atoms with E-state index >= 15 is 0 Å². The van der Waals surface area contributed by atoms with Crippen molar-refractivity contribution in [2.24, 2.45) is 0 Å². The Labute approximate surface area is 125 Å². The molecule has 1 fully saturated rings. The van der Waals surface area contributed by atoms with Crippen LogP contribution in [0.1, 0.15) is 16.8 Å². The average molecular weight is 308 g/mol. The van der Waals surface area contributed by atoms with Gasteiger partial charge < -0.3 is 10.0 Å². The SMILES string of the molecule is O=C(c1ccnc(-n2ccnc2)c1)N1CCC(O)(C(F)F)C1. The number of halogens is 2. The molecule has 1 aliphatic rings. The molecular formula is C14H14F2N4O2. The van der Waals surface area contributed by atoms with Gasteiger partial charge in [0.25, 0.3) is 12.3 Å². The lowest BCUT2D eigenvalue weighted by molar-refractivity contribution is -0.0855. The van der Waals surface area contributed by atoms with Crippen LogP contribution >= 0.6 is 0 Å². The zero-order chi connectivity index (χ0) is 15.7. The highest BCUT2D eigenvalue weighted by atomic mass is 19.3. The molecular weight excluding hydrogens is 294 g/mol. The highest BCUT2D eigenvalue weighted by Gasteiger charge is 2.45. The summed E-state index contributed by atoms with van der Waals surface area (Å²) in [7, 11) is 0. The van der Waals surface area contributed by atoms with Crippen LogP contribution < -0.4 is 0 Å². The first kappa shape index (κ1) is 14.6. The third kappa shape index (κ3) is 2.57. The maximum absolute atomic E-state index is 12.8. The van der Waals surface area contributed by atoms with Gasteiger partial charge in [-0.05, 0) is 12.1 Å². The van der Waals surface area contributed by atoms with Crippen LogP contribution in [0.25, 0.3) is 5.82 Å². The molecule has 1 unspecified atom stereocenters. The number of carbonyl (C=O) groups excluding carboxylic acids is 1. The van der Waals surface area contributed by atoms with Gasteiger partial charge in [-0.1, -0.05) is 0 Å². The molecule has 2 aromatic rings. The van der Waals surface area contributed by atoms with Crippen LogP contribution in [-0.2, 0) is 0 Å². The van der Waals surface area contributed by atoms with E-state index in [2.05, 4.69) is 9.97 Å². The first-order valence-corrected chi connectivity index (χ1v) is 6.74. The van der Waals surface area contributed by atoms with Gasteiger partial charge in [-0.2, -0.15) is 0 Å². The van der Waals surface area contributed by atoms with Gasteiger partial charge in [0.2, 0.25) is 0 Å². The number of rotatable bonds is 3. The molecule has 8 heteroatoms. The van der Waals surface area contributed by atoms with E-state index in [1.165, 1.54) is 17.2 Å². The molecule has 6 nitrogen and oxygen atoms in total. The van der Waals surface area contributed by atoms with Crippen LogP contribution in [0.15, 0.2) is 37.1 Å². The number of aromatic nitrogens is 3. The van der Waals surface area contributed by atoms with E-state index in [1.807, 2.05) is 0 Å². The second-order valence-corrected chi connectivity index (χ2v) is 5.25. The van der Waals surface area contributed by atoms with Crippen molar-refractivity contribution < 1.29 is 18.7 Å². The fraction of sp³-hybridized carbons (Fsp3) is 0.357. The van der Waals surface area contributed by atoms with Crippen LogP contribution in [0.5, 0.6) is 0 Å². The van der Waals surface area contributed by atoms with Gasteiger partial charge in [-0.15, -0.1) is 0 Å². The summed E-state index contributed by atoms with van der Waals surface area (Å²) >= 11 is 0. The maximum atomic E-state index is 12.8. The molecule has 0 aliphatic carbocycles. The van der Waals surface area contributed by atoms with Crippen LogP contribution in [0.2, 0.25) is 0 Å². The smallest absolute Gasteiger partial charge is 0.268 e. The molecule has 22 heavy (non-hydrogen) atoms. The van der Waals surface area contributed by atoms with Gasteiger partial charge in [0, 0.05) is 37.1 Å². The standard InChI is InChI=1S/C14H14F2N4O2/c15-13(16)14(22)2-5-19(8-14)12(21)10-1-3-18-11(7-10)20-6-4-17-9-20/h1,3-4,6-7,9,13,22H,2,5,8H2. The predicted octanol–water partition coefficient (Wildman–Crippen LogP) is 1.11. The summed E-state index contributed by atoms with van der Waals surface area (Å²) in [4.78, 5) is 21.7. The van der Waals surface area contributed by atoms with E-state index in [9.17, 15) is 18.7 Å². The van der Waals surface area contributed by atoms with Crippen molar-refractivity contribution in [2.75, 3.05) is 13.1 Å². The summed E-state index contributed by atoms with van der Waals surface area (Å²) in [5.41, 5.74) is -1.78. The summed E-state index contributed by atoms with van der Waals surface area (Å²) < 4.78 is 27.2. The van der Waals surface area contributed by atoms with Gasteiger partial charge in [-0.25, -0.2) is 18.7 Å². The number of aliphatic hydroxyl groups is 1. The largest absolute Gasteiger partial charge is 0.382 e. The third-order valence-corrected chi connectivity index (χ3v) is 3.73. The summed E-state index contributed by atoms with van der Waals surface area (Å²) in [5, 5.41) is 9.77. The van der Waals surface area contributed by atoms with Gasteiger partial charge in [0.1, 0.15) is 17.7 Å². The fourth-order valence-corrected chi connectivity index (χ4v) is 2.44. The van der Waals surface area contributed by atoms with Crippen molar-refractivity contribution >= 4 is 5.91 Å². The highest BCUT2D eigenvalue weighted by molar-refractivity contribution is 5.94. The Hall–Kier alpha value is -2.35.